The summed E-state index contributed by atoms with van der Waals surface area (Å²) in [7, 11) is 2.03. The average Bonchev–Trinajstić information content (AvgIpc) is 3.49. The smallest absolute Gasteiger partial charge is 0.231 e. The number of hydrogen-bond donors (Lipinski definition) is 3. The number of carbonyl (C=O) groups is 1. The number of hydrogen-bond acceptors (Lipinski definition) is 8. The molecule has 3 N–H and O–H groups in total. The molecule has 0 aromatic heterocycles. The van der Waals surface area contributed by atoms with E-state index in [2.05, 4.69) is 27.3 Å². The van der Waals surface area contributed by atoms with E-state index in [1.165, 1.54) is 0 Å². The van der Waals surface area contributed by atoms with Crippen LogP contribution in [0.15, 0.2) is 36.4 Å². The van der Waals surface area contributed by atoms with Gasteiger partial charge in [-0.3, -0.25) is 14.6 Å². The third-order valence-electron chi connectivity index (χ3n) is 10.2. The zero-order chi connectivity index (χ0) is 30.2. The third-order valence-corrected chi connectivity index (χ3v) is 10.2. The van der Waals surface area contributed by atoms with Crippen LogP contribution in [0.4, 0.5) is 0 Å². The van der Waals surface area contributed by atoms with Gasteiger partial charge in [0.1, 0.15) is 17.5 Å². The summed E-state index contributed by atoms with van der Waals surface area (Å²) >= 11 is 0. The number of piperazine rings is 1. The Morgan fingerprint density at radius 2 is 1.75 bits per heavy atom. The molecule has 4 aliphatic rings. The first kappa shape index (κ1) is 31.2. The van der Waals surface area contributed by atoms with E-state index in [0.29, 0.717) is 35.7 Å². The van der Waals surface area contributed by atoms with Gasteiger partial charge in [-0.15, -0.1) is 0 Å². The molecule has 4 heterocycles. The summed E-state index contributed by atoms with van der Waals surface area (Å²) in [6.07, 6.45) is 1.30. The van der Waals surface area contributed by atoms with Crippen LogP contribution in [0.2, 0.25) is 0 Å². The minimum absolute atomic E-state index is 0. The van der Waals surface area contributed by atoms with Gasteiger partial charge in [0.2, 0.25) is 12.7 Å². The molecule has 1 amide bonds. The molecular weight excluding hydrogens is 771 g/mol. The van der Waals surface area contributed by atoms with Crippen LogP contribution in [0.1, 0.15) is 56.6 Å². The summed E-state index contributed by atoms with van der Waals surface area (Å²) in [4.78, 5) is 17.7. The zero-order valence-electron chi connectivity index (χ0n) is 25.4. The van der Waals surface area contributed by atoms with Crippen LogP contribution >= 0.6 is 0 Å². The van der Waals surface area contributed by atoms with Crippen molar-refractivity contribution >= 4 is 5.91 Å². The quantitative estimate of drug-likeness (QED) is 0.364. The Hall–Kier alpha value is -2.82. The van der Waals surface area contributed by atoms with E-state index in [1.54, 1.807) is 0 Å². The van der Waals surface area contributed by atoms with E-state index in [-0.39, 0.29) is 93.6 Å². The fraction of sp³-hybridized carbons (Fsp3) is 0.412. The van der Waals surface area contributed by atoms with Crippen LogP contribution in [-0.4, -0.2) is 64.4 Å². The molecule has 3 aromatic carbocycles. The van der Waals surface area contributed by atoms with Gasteiger partial charge in [-0.05, 0) is 62.9 Å². The number of nitrogens with zero attached hydrogens (tertiary/aromatic N) is 3. The van der Waals surface area contributed by atoms with Crippen molar-refractivity contribution in [2.75, 3.05) is 20.4 Å². The number of fused-ring (bicyclic) bond motifs is 9. The van der Waals surface area contributed by atoms with Gasteiger partial charge in [-0.1, -0.05) is 36.4 Å². The van der Waals surface area contributed by atoms with E-state index in [0.717, 1.165) is 38.9 Å². The minimum atomic E-state index is -0.506. The largest absolute Gasteiger partial charge is 0.507 e. The normalized spacial score (nSPS) is 24.8. The standard InChI is InChI=1S/C34H36N4O5.Ac/c1-17-10-21-12-23-25(14-35)38-24(30(37(23)4)28(21)32(41)18(17)2)13-22-29(34-33(42-16-43-34)19(3)31(22)40)26(38)15-36-27(39)11-20-8-6-5-7-9-20;/h5-10,23-26,30,40-41H,11-13,15-16H2,1-4H3,(H,36,39);/t23-,24?,25+,26+,30+;/m1./s1. The van der Waals surface area contributed by atoms with Crippen LogP contribution in [-0.2, 0) is 24.1 Å². The van der Waals surface area contributed by atoms with Gasteiger partial charge in [0.15, 0.2) is 11.5 Å². The topological polar surface area (TPSA) is 118 Å². The Kier molecular flexibility index (Phi) is 8.39. The summed E-state index contributed by atoms with van der Waals surface area (Å²) in [6.45, 7) is 6.03. The maximum Gasteiger partial charge on any atom is 0.231 e. The first-order valence-electron chi connectivity index (χ1n) is 14.9. The third kappa shape index (κ3) is 4.71. The van der Waals surface area contributed by atoms with Gasteiger partial charge in [-0.25, -0.2) is 0 Å². The molecule has 0 spiro atoms. The number of aryl methyl sites for hydroxylation is 1. The summed E-state index contributed by atoms with van der Waals surface area (Å²) in [6, 6.07) is 12.8. The molecule has 1 fully saturated rings. The fourth-order valence-corrected chi connectivity index (χ4v) is 7.96. The molecule has 1 radical (unpaired) electrons. The summed E-state index contributed by atoms with van der Waals surface area (Å²) in [5.41, 5.74) is 6.86. The number of rotatable bonds is 4. The summed E-state index contributed by atoms with van der Waals surface area (Å²) in [5.74, 6) is 1.40. The Balaban J connectivity index is 0.00000343. The molecule has 5 atom stereocenters. The average molecular weight is 808 g/mol. The molecule has 44 heavy (non-hydrogen) atoms. The van der Waals surface area contributed by atoms with Crippen molar-refractivity contribution in [1.82, 2.24) is 15.1 Å². The summed E-state index contributed by atoms with van der Waals surface area (Å²) in [5, 5.41) is 36.9. The van der Waals surface area contributed by atoms with Crippen molar-refractivity contribution in [3.8, 4) is 29.1 Å². The van der Waals surface area contributed by atoms with E-state index >= 15 is 0 Å². The molecule has 2 bridgehead atoms. The monoisotopic (exact) mass is 807 g/mol. The number of nitrogens with one attached hydrogen (secondary N) is 1. The van der Waals surface area contributed by atoms with E-state index in [9.17, 15) is 20.3 Å². The van der Waals surface area contributed by atoms with Crippen LogP contribution in [0, 0.1) is 76.2 Å². The Morgan fingerprint density at radius 3 is 2.48 bits per heavy atom. The van der Waals surface area contributed by atoms with Crippen LogP contribution in [0.5, 0.6) is 23.0 Å². The maximum atomic E-state index is 13.2. The molecule has 1 unspecified atom stereocenters. The molecule has 9 nitrogen and oxygen atoms in total. The second kappa shape index (κ2) is 11.8. The van der Waals surface area contributed by atoms with E-state index in [1.807, 2.05) is 58.2 Å². The van der Waals surface area contributed by atoms with Crippen molar-refractivity contribution in [2.24, 2.45) is 0 Å². The predicted octanol–water partition coefficient (Wildman–Crippen LogP) is 3.88. The molecular formula is C34H36AcN4O5. The SMILES string of the molecule is Cc1cc2c(c(O)c1C)[C@@H]1C3Cc4c(O)c(C)c5c(c4[C@H](CNC(=O)Cc4ccccc4)N3[C@@H](C#N)[C@@H](C2)N1C)OCO5.[Ac]. The molecule has 7 rings (SSSR count). The van der Waals surface area contributed by atoms with Gasteiger partial charge in [-0.2, -0.15) is 5.26 Å². The van der Waals surface area contributed by atoms with Crippen molar-refractivity contribution < 1.29 is 68.5 Å². The van der Waals surface area contributed by atoms with Gasteiger partial charge < -0.3 is 25.0 Å². The van der Waals surface area contributed by atoms with Crippen LogP contribution in [0.25, 0.3) is 0 Å². The molecule has 225 valence electrons. The maximum absolute atomic E-state index is 13.2. The van der Waals surface area contributed by atoms with Crippen molar-refractivity contribution in [1.29, 1.82) is 5.26 Å². The first-order chi connectivity index (χ1) is 20.7. The molecule has 0 aliphatic carbocycles. The number of carbonyl (C=O) groups excluding carboxylic acids is 1. The van der Waals surface area contributed by atoms with Gasteiger partial charge >= 0.3 is 0 Å². The molecule has 1 saturated heterocycles. The molecule has 4 aliphatic heterocycles. The van der Waals surface area contributed by atoms with E-state index < -0.39 is 12.1 Å². The minimum Gasteiger partial charge on any atom is -0.507 e. The van der Waals surface area contributed by atoms with Crippen molar-refractivity contribution in [3.05, 3.63) is 80.9 Å². The predicted molar refractivity (Wildman–Crippen MR) is 159 cm³/mol. The number of phenols is 2. The fourth-order valence-electron chi connectivity index (χ4n) is 7.96. The number of nitriles is 1. The first-order valence-corrected chi connectivity index (χ1v) is 14.9. The van der Waals surface area contributed by atoms with Crippen LogP contribution in [0.3, 0.4) is 0 Å². The number of aromatic hydroxyl groups is 2. The number of ether oxygens (including phenoxy) is 2. The van der Waals surface area contributed by atoms with Crippen molar-refractivity contribution in [3.63, 3.8) is 0 Å². The molecule has 3 aromatic rings. The summed E-state index contributed by atoms with van der Waals surface area (Å²) < 4.78 is 11.8. The molecule has 0 saturated carbocycles. The molecule has 10 heteroatoms. The second-order valence-electron chi connectivity index (χ2n) is 12.3. The number of phenolic OH excluding ortho intramolecular Hbond substituents is 2. The van der Waals surface area contributed by atoms with Crippen molar-refractivity contribution in [2.45, 2.75) is 70.2 Å². The van der Waals surface area contributed by atoms with Gasteiger partial charge in [0.05, 0.1) is 24.6 Å². The Labute approximate surface area is 293 Å². The van der Waals surface area contributed by atoms with E-state index in [4.69, 9.17) is 9.47 Å². The number of benzene rings is 3. The zero-order valence-corrected chi connectivity index (χ0v) is 30.2. The number of amides is 1. The van der Waals surface area contributed by atoms with Gasteiger partial charge in [0.25, 0.3) is 0 Å². The number of likely N-dealkylation sites (N-methyl/N-ethyl adjacent to an activating group) is 1. The van der Waals surface area contributed by atoms with Gasteiger partial charge in [0, 0.05) is 84.9 Å². The Bertz CT molecular complexity index is 1690. The Morgan fingerprint density at radius 1 is 1.02 bits per heavy atom. The van der Waals surface area contributed by atoms with Crippen LogP contribution < -0.4 is 14.8 Å². The second-order valence-corrected chi connectivity index (χ2v) is 12.3.